The van der Waals surface area contributed by atoms with E-state index in [1.54, 1.807) is 22.7 Å². The normalized spacial score (nSPS) is 15.1. The predicted octanol–water partition coefficient (Wildman–Crippen LogP) is 2.37. The van der Waals surface area contributed by atoms with Crippen molar-refractivity contribution < 1.29 is 9.90 Å². The highest BCUT2D eigenvalue weighted by Gasteiger charge is 2.22. The van der Waals surface area contributed by atoms with Crippen molar-refractivity contribution in [3.05, 3.63) is 45.9 Å². The van der Waals surface area contributed by atoms with Gasteiger partial charge in [0, 0.05) is 12.0 Å². The Bertz CT molecular complexity index is 968. The van der Waals surface area contributed by atoms with Crippen LogP contribution in [0.2, 0.25) is 0 Å². The van der Waals surface area contributed by atoms with Crippen LogP contribution in [0.3, 0.4) is 0 Å². The molecule has 1 aliphatic heterocycles. The SMILES string of the molecule is CC.O=C(O)c1cccc2nn3c(C4CCNCC4)cc(=O)[nH]c3c12. The standard InChI is InChI=1S/C16H16N4O3.C2H6/c21-13-8-12(9-4-6-17-7-5-9)20-15(18-13)14-10(16(22)23)2-1-3-11(14)19-20;1-2/h1-3,8-9,17H,4-7H2,(H,18,21)(H,22,23);1-2H3. The first kappa shape index (κ1) is 17.2. The number of piperidine rings is 1. The molecule has 0 radical (unpaired) electrons. The molecule has 0 atom stereocenters. The third-order valence-electron chi connectivity index (χ3n) is 4.45. The molecule has 1 saturated heterocycles. The highest BCUT2D eigenvalue weighted by Crippen LogP contribution is 2.28. The molecule has 7 heteroatoms. The Morgan fingerprint density at radius 3 is 2.68 bits per heavy atom. The van der Waals surface area contributed by atoms with Crippen molar-refractivity contribution in [3.63, 3.8) is 0 Å². The molecule has 1 fully saturated rings. The van der Waals surface area contributed by atoms with Crippen LogP contribution in [0.5, 0.6) is 0 Å². The molecule has 25 heavy (non-hydrogen) atoms. The topological polar surface area (TPSA) is 99.5 Å². The summed E-state index contributed by atoms with van der Waals surface area (Å²) in [7, 11) is 0. The van der Waals surface area contributed by atoms with E-state index in [-0.39, 0.29) is 17.0 Å². The zero-order valence-electron chi connectivity index (χ0n) is 14.4. The fourth-order valence-electron chi connectivity index (χ4n) is 3.37. The molecule has 0 amide bonds. The molecule has 0 unspecified atom stereocenters. The lowest BCUT2D eigenvalue weighted by Gasteiger charge is -2.23. The van der Waals surface area contributed by atoms with Crippen LogP contribution >= 0.6 is 0 Å². The van der Waals surface area contributed by atoms with E-state index in [9.17, 15) is 14.7 Å². The van der Waals surface area contributed by atoms with Gasteiger partial charge >= 0.3 is 5.97 Å². The molecular formula is C18H22N4O3. The van der Waals surface area contributed by atoms with Crippen molar-refractivity contribution >= 4 is 22.5 Å². The van der Waals surface area contributed by atoms with Crippen LogP contribution in [0.25, 0.3) is 16.6 Å². The van der Waals surface area contributed by atoms with E-state index in [0.29, 0.717) is 16.6 Å². The molecule has 0 spiro atoms. The lowest BCUT2D eigenvalue weighted by molar-refractivity contribution is 0.0699. The average Bonchev–Trinajstić information content (AvgIpc) is 3.02. The van der Waals surface area contributed by atoms with Crippen LogP contribution < -0.4 is 10.9 Å². The average molecular weight is 342 g/mol. The van der Waals surface area contributed by atoms with Gasteiger partial charge < -0.3 is 15.4 Å². The summed E-state index contributed by atoms with van der Waals surface area (Å²) in [5.74, 6) is -0.790. The smallest absolute Gasteiger partial charge is 0.336 e. The van der Waals surface area contributed by atoms with Gasteiger partial charge in [-0.05, 0) is 38.1 Å². The summed E-state index contributed by atoms with van der Waals surface area (Å²) >= 11 is 0. The predicted molar refractivity (Wildman–Crippen MR) is 96.5 cm³/mol. The lowest BCUT2D eigenvalue weighted by Crippen LogP contribution is -2.28. The summed E-state index contributed by atoms with van der Waals surface area (Å²) in [6.45, 7) is 5.81. The second-order valence-corrected chi connectivity index (χ2v) is 5.85. The maximum Gasteiger partial charge on any atom is 0.336 e. The van der Waals surface area contributed by atoms with Crippen LogP contribution in [0.15, 0.2) is 29.1 Å². The van der Waals surface area contributed by atoms with Crippen molar-refractivity contribution in [1.29, 1.82) is 0 Å². The van der Waals surface area contributed by atoms with E-state index in [1.165, 1.54) is 6.07 Å². The number of carboxylic acids is 1. The number of aromatic carboxylic acids is 1. The second-order valence-electron chi connectivity index (χ2n) is 5.85. The number of carboxylic acid groups (broad SMARTS) is 1. The maximum absolute atomic E-state index is 12.1. The van der Waals surface area contributed by atoms with Gasteiger partial charge in [-0.2, -0.15) is 5.10 Å². The molecule has 7 nitrogen and oxygen atoms in total. The molecule has 132 valence electrons. The van der Waals surface area contributed by atoms with Gasteiger partial charge in [-0.25, -0.2) is 9.31 Å². The minimum absolute atomic E-state index is 0.149. The van der Waals surface area contributed by atoms with Crippen LogP contribution in [-0.4, -0.2) is 38.8 Å². The molecule has 1 aliphatic rings. The quantitative estimate of drug-likeness (QED) is 0.664. The van der Waals surface area contributed by atoms with Crippen LogP contribution in [0.4, 0.5) is 0 Å². The summed E-state index contributed by atoms with van der Waals surface area (Å²) in [6.07, 6.45) is 1.86. The van der Waals surface area contributed by atoms with Gasteiger partial charge in [0.25, 0.3) is 5.56 Å². The summed E-state index contributed by atoms with van der Waals surface area (Å²) in [5.41, 5.74) is 1.79. The van der Waals surface area contributed by atoms with Gasteiger partial charge in [0.15, 0.2) is 0 Å². The van der Waals surface area contributed by atoms with Crippen molar-refractivity contribution in [1.82, 2.24) is 19.9 Å². The number of benzene rings is 1. The number of fused-ring (bicyclic) bond motifs is 3. The first-order chi connectivity index (χ1) is 12.1. The molecule has 0 bridgehead atoms. The van der Waals surface area contributed by atoms with E-state index in [1.807, 2.05) is 13.8 Å². The van der Waals surface area contributed by atoms with Gasteiger partial charge in [-0.1, -0.05) is 19.9 Å². The molecular weight excluding hydrogens is 320 g/mol. The minimum atomic E-state index is -1.03. The van der Waals surface area contributed by atoms with Crippen LogP contribution in [-0.2, 0) is 0 Å². The molecule has 0 saturated carbocycles. The van der Waals surface area contributed by atoms with Gasteiger partial charge in [0.1, 0.15) is 5.65 Å². The lowest BCUT2D eigenvalue weighted by atomic mass is 9.94. The third-order valence-corrected chi connectivity index (χ3v) is 4.45. The van der Waals surface area contributed by atoms with Crippen LogP contribution in [0.1, 0.15) is 48.7 Å². The number of aromatic nitrogens is 3. The first-order valence-electron chi connectivity index (χ1n) is 8.64. The second kappa shape index (κ2) is 7.06. The molecule has 1 aromatic carbocycles. The monoisotopic (exact) mass is 342 g/mol. The number of nitrogens with zero attached hydrogens (tertiary/aromatic N) is 2. The Hall–Kier alpha value is -2.67. The first-order valence-corrected chi connectivity index (χ1v) is 8.64. The summed E-state index contributed by atoms with van der Waals surface area (Å²) in [4.78, 5) is 26.4. The number of hydrogen-bond donors (Lipinski definition) is 3. The van der Waals surface area contributed by atoms with Crippen molar-refractivity contribution in [2.75, 3.05) is 13.1 Å². The summed E-state index contributed by atoms with van der Waals surface area (Å²) in [5, 5.41) is 17.7. The Morgan fingerprint density at radius 1 is 1.28 bits per heavy atom. The van der Waals surface area contributed by atoms with E-state index >= 15 is 0 Å². The van der Waals surface area contributed by atoms with E-state index in [2.05, 4.69) is 15.4 Å². The maximum atomic E-state index is 12.1. The highest BCUT2D eigenvalue weighted by atomic mass is 16.4. The van der Waals surface area contributed by atoms with Crippen molar-refractivity contribution in [2.45, 2.75) is 32.6 Å². The highest BCUT2D eigenvalue weighted by molar-refractivity contribution is 6.08. The number of aromatic amines is 1. The number of nitrogens with one attached hydrogen (secondary N) is 2. The fourth-order valence-corrected chi connectivity index (χ4v) is 3.37. The number of hydrogen-bond acceptors (Lipinski definition) is 4. The number of carbonyl (C=O) groups is 1. The molecule has 4 rings (SSSR count). The van der Waals surface area contributed by atoms with E-state index in [0.717, 1.165) is 31.6 Å². The van der Waals surface area contributed by atoms with Gasteiger partial charge in [0.05, 0.1) is 22.2 Å². The largest absolute Gasteiger partial charge is 0.478 e. The molecule has 3 heterocycles. The Kier molecular flexibility index (Phi) is 4.85. The molecule has 2 aromatic heterocycles. The Morgan fingerprint density at radius 2 is 2.00 bits per heavy atom. The molecule has 3 N–H and O–H groups in total. The molecule has 3 aromatic rings. The summed E-state index contributed by atoms with van der Waals surface area (Å²) in [6, 6.07) is 6.54. The number of H-pyrrole nitrogens is 1. The van der Waals surface area contributed by atoms with Crippen LogP contribution in [0, 0.1) is 0 Å². The van der Waals surface area contributed by atoms with Crippen molar-refractivity contribution in [3.8, 4) is 0 Å². The van der Waals surface area contributed by atoms with E-state index < -0.39 is 5.97 Å². The Balaban J connectivity index is 0.000000880. The third kappa shape index (κ3) is 3.02. The van der Waals surface area contributed by atoms with Crippen molar-refractivity contribution in [2.24, 2.45) is 0 Å². The van der Waals surface area contributed by atoms with Gasteiger partial charge in [0.2, 0.25) is 0 Å². The molecule has 0 aliphatic carbocycles. The number of rotatable bonds is 2. The van der Waals surface area contributed by atoms with Gasteiger partial charge in [-0.3, -0.25) is 4.79 Å². The zero-order chi connectivity index (χ0) is 18.0. The zero-order valence-corrected chi connectivity index (χ0v) is 14.4. The minimum Gasteiger partial charge on any atom is -0.478 e. The fraction of sp³-hybridized carbons (Fsp3) is 0.389. The summed E-state index contributed by atoms with van der Waals surface area (Å²) < 4.78 is 1.70. The van der Waals surface area contributed by atoms with Gasteiger partial charge in [-0.15, -0.1) is 0 Å². The Labute approximate surface area is 144 Å². The van der Waals surface area contributed by atoms with E-state index in [4.69, 9.17) is 0 Å².